The molecule has 0 aromatic carbocycles. The van der Waals surface area contributed by atoms with Gasteiger partial charge in [-0.2, -0.15) is 0 Å². The first kappa shape index (κ1) is 61.2. The summed E-state index contributed by atoms with van der Waals surface area (Å²) in [6, 6.07) is 0. The van der Waals surface area contributed by atoms with Crippen LogP contribution in [-0.2, 0) is 27.9 Å². The Kier molecular flexibility index (Phi) is 44.6. The van der Waals surface area contributed by atoms with Crippen molar-refractivity contribution in [1.82, 2.24) is 0 Å². The summed E-state index contributed by atoms with van der Waals surface area (Å²) in [5.74, 6) is -0.342. The fraction of sp³-hybridized carbons (Fsp3) is 0.655. The van der Waals surface area contributed by atoms with Gasteiger partial charge in [0.25, 0.3) is 0 Å². The molecule has 0 aliphatic rings. The van der Waals surface area contributed by atoms with Gasteiger partial charge in [-0.05, 0) is 103 Å². The Hall–Kier alpha value is -2.84. The number of quaternary nitrogens is 1. The summed E-state index contributed by atoms with van der Waals surface area (Å²) < 4.78 is 35.1. The van der Waals surface area contributed by atoms with E-state index in [9.17, 15) is 14.3 Å². The Bertz CT molecular complexity index is 1380. The van der Waals surface area contributed by atoms with Crippen LogP contribution in [0.15, 0.2) is 109 Å². The second kappa shape index (κ2) is 46.7. The van der Waals surface area contributed by atoms with Crippen LogP contribution in [-0.4, -0.2) is 75.6 Å². The van der Waals surface area contributed by atoms with Gasteiger partial charge in [0, 0.05) is 13.0 Å². The standard InChI is InChI=1S/C55H94NO7P/c1-6-8-10-12-14-16-18-20-22-24-25-26-27-28-29-30-31-32-33-35-37-39-41-43-45-47-50-60-52-54(53-62-64(58,59)61-51-49-56(3,4)5)63-55(57)48-46-44-42-40-38-36-34-23-21-19-17-15-13-11-9-7-2/h8,10,14,16-17,19-20,22-23,25-26,28-29,31-32,34-35,37,54H,6-7,9,11-13,15,18,21,24,27,30,33,36,38-53H2,1-5H3/p+1/b10-8-,16-14-,19-17-,22-20-,26-25-,29-28-,32-31-,34-23-,37-35-. The van der Waals surface area contributed by atoms with Crippen LogP contribution in [0.1, 0.15) is 174 Å². The summed E-state index contributed by atoms with van der Waals surface area (Å²) in [7, 11) is 1.62. The molecule has 2 unspecified atom stereocenters. The molecule has 1 N–H and O–H groups in total. The number of ether oxygens (including phenoxy) is 2. The highest BCUT2D eigenvalue weighted by atomic mass is 31.2. The molecule has 0 fully saturated rings. The third kappa shape index (κ3) is 50.2. The van der Waals surface area contributed by atoms with Crippen LogP contribution in [0.25, 0.3) is 0 Å². The molecule has 8 nitrogen and oxygen atoms in total. The van der Waals surface area contributed by atoms with Crippen molar-refractivity contribution < 1.29 is 37.3 Å². The largest absolute Gasteiger partial charge is 0.472 e. The fourth-order valence-corrected chi connectivity index (χ4v) is 6.95. The van der Waals surface area contributed by atoms with Crippen LogP contribution in [0.4, 0.5) is 0 Å². The Balaban J connectivity index is 4.27. The topological polar surface area (TPSA) is 91.3 Å². The first-order chi connectivity index (χ1) is 31.1. The maximum absolute atomic E-state index is 12.7. The van der Waals surface area contributed by atoms with E-state index in [4.69, 9.17) is 18.5 Å². The molecule has 64 heavy (non-hydrogen) atoms. The summed E-state index contributed by atoms with van der Waals surface area (Å²) in [5, 5.41) is 0. The number of allylic oxidation sites excluding steroid dienone is 18. The number of rotatable bonds is 45. The van der Waals surface area contributed by atoms with Crippen molar-refractivity contribution in [3.05, 3.63) is 109 Å². The van der Waals surface area contributed by atoms with E-state index in [0.29, 0.717) is 24.1 Å². The van der Waals surface area contributed by atoms with Crippen LogP contribution in [0, 0.1) is 0 Å². The molecule has 0 amide bonds. The third-order valence-corrected chi connectivity index (χ3v) is 11.1. The van der Waals surface area contributed by atoms with Crippen LogP contribution < -0.4 is 0 Å². The summed E-state index contributed by atoms with van der Waals surface area (Å²) >= 11 is 0. The molecule has 0 heterocycles. The number of esters is 1. The average molecular weight is 913 g/mol. The van der Waals surface area contributed by atoms with Gasteiger partial charge >= 0.3 is 13.8 Å². The van der Waals surface area contributed by atoms with Gasteiger partial charge in [-0.15, -0.1) is 0 Å². The van der Waals surface area contributed by atoms with E-state index in [1.165, 1.54) is 32.1 Å². The number of phosphoric ester groups is 1. The molecule has 0 aliphatic carbocycles. The molecule has 366 valence electrons. The first-order valence-electron chi connectivity index (χ1n) is 25.1. The van der Waals surface area contributed by atoms with Gasteiger partial charge < -0.3 is 18.9 Å². The summed E-state index contributed by atoms with van der Waals surface area (Å²) in [6.45, 7) is 5.38. The predicted molar refractivity (Wildman–Crippen MR) is 274 cm³/mol. The van der Waals surface area contributed by atoms with Gasteiger partial charge in [-0.3, -0.25) is 13.8 Å². The van der Waals surface area contributed by atoms with E-state index in [-0.39, 0.29) is 25.8 Å². The van der Waals surface area contributed by atoms with Gasteiger partial charge in [0.2, 0.25) is 0 Å². The number of hydrogen-bond donors (Lipinski definition) is 1. The van der Waals surface area contributed by atoms with Crippen LogP contribution in [0.5, 0.6) is 0 Å². The van der Waals surface area contributed by atoms with E-state index in [1.54, 1.807) is 0 Å². The molecule has 0 bridgehead atoms. The van der Waals surface area contributed by atoms with Crippen LogP contribution in [0.3, 0.4) is 0 Å². The minimum absolute atomic E-state index is 0.0738. The smallest absolute Gasteiger partial charge is 0.457 e. The molecule has 0 spiro atoms. The number of carbonyl (C=O) groups is 1. The number of nitrogens with zero attached hydrogens (tertiary/aromatic N) is 1. The number of hydrogen-bond acceptors (Lipinski definition) is 6. The molecular formula is C55H95NO7P+. The fourth-order valence-electron chi connectivity index (χ4n) is 6.21. The predicted octanol–water partition coefficient (Wildman–Crippen LogP) is 15.6. The average Bonchev–Trinajstić information content (AvgIpc) is 3.25. The molecular weight excluding hydrogens is 818 g/mol. The molecule has 0 aromatic rings. The highest BCUT2D eigenvalue weighted by Gasteiger charge is 2.26. The van der Waals surface area contributed by atoms with Gasteiger partial charge in [0.15, 0.2) is 0 Å². The molecule has 0 aliphatic heterocycles. The van der Waals surface area contributed by atoms with E-state index in [1.807, 2.05) is 21.1 Å². The van der Waals surface area contributed by atoms with Gasteiger partial charge in [0.05, 0.1) is 34.4 Å². The number of likely N-dealkylation sites (N-methyl/N-ethyl adjacent to an activating group) is 1. The SMILES string of the molecule is CC/C=C\C/C=C\C/C=C\C/C=C\C/C=C\C/C=C\C/C=C\CCCCCCOCC(COP(=O)(O)OCC[N+](C)(C)C)OC(=O)CCCCCCC/C=C\C/C=C\CCCCCC. The minimum atomic E-state index is -4.30. The van der Waals surface area contributed by atoms with E-state index in [2.05, 4.69) is 123 Å². The summed E-state index contributed by atoms with van der Waals surface area (Å²) in [5.41, 5.74) is 0. The molecule has 0 saturated carbocycles. The van der Waals surface area contributed by atoms with Crippen molar-refractivity contribution in [2.24, 2.45) is 0 Å². The Morgan fingerprint density at radius 3 is 1.36 bits per heavy atom. The Labute approximate surface area is 393 Å². The van der Waals surface area contributed by atoms with Crippen molar-refractivity contribution in [3.8, 4) is 0 Å². The van der Waals surface area contributed by atoms with E-state index >= 15 is 0 Å². The zero-order chi connectivity index (χ0) is 46.9. The number of phosphoric acid groups is 1. The highest BCUT2D eigenvalue weighted by Crippen LogP contribution is 2.43. The quantitative estimate of drug-likeness (QED) is 0.0214. The maximum atomic E-state index is 12.7. The monoisotopic (exact) mass is 913 g/mol. The first-order valence-corrected chi connectivity index (χ1v) is 26.6. The van der Waals surface area contributed by atoms with Gasteiger partial charge in [-0.25, -0.2) is 4.57 Å². The normalized spacial score (nSPS) is 14.5. The molecule has 0 saturated heterocycles. The second-order valence-electron chi connectivity index (χ2n) is 17.5. The number of carbonyl (C=O) groups excluding carboxylic acids is 1. The number of unbranched alkanes of at least 4 members (excludes halogenated alkanes) is 13. The lowest BCUT2D eigenvalue weighted by atomic mass is 10.1. The minimum Gasteiger partial charge on any atom is -0.457 e. The molecule has 0 radical (unpaired) electrons. The second-order valence-corrected chi connectivity index (χ2v) is 18.9. The van der Waals surface area contributed by atoms with Gasteiger partial charge in [-0.1, -0.05) is 175 Å². The molecule has 0 aromatic heterocycles. The maximum Gasteiger partial charge on any atom is 0.472 e. The molecule has 9 heteroatoms. The zero-order valence-electron chi connectivity index (χ0n) is 41.5. The Morgan fingerprint density at radius 1 is 0.500 bits per heavy atom. The third-order valence-electron chi connectivity index (χ3n) is 10.1. The van der Waals surface area contributed by atoms with Crippen LogP contribution in [0.2, 0.25) is 0 Å². The van der Waals surface area contributed by atoms with E-state index in [0.717, 1.165) is 122 Å². The lowest BCUT2D eigenvalue weighted by Crippen LogP contribution is -2.37. The Morgan fingerprint density at radius 2 is 0.906 bits per heavy atom. The van der Waals surface area contributed by atoms with Crippen molar-refractivity contribution >= 4 is 13.8 Å². The van der Waals surface area contributed by atoms with E-state index < -0.39 is 13.9 Å². The molecule has 0 rings (SSSR count). The van der Waals surface area contributed by atoms with Crippen molar-refractivity contribution in [3.63, 3.8) is 0 Å². The van der Waals surface area contributed by atoms with Crippen molar-refractivity contribution in [1.29, 1.82) is 0 Å². The molecule has 2 atom stereocenters. The summed E-state index contributed by atoms with van der Waals surface area (Å²) in [6.07, 6.45) is 65.6. The summed E-state index contributed by atoms with van der Waals surface area (Å²) in [4.78, 5) is 23.0. The zero-order valence-corrected chi connectivity index (χ0v) is 42.4. The highest BCUT2D eigenvalue weighted by molar-refractivity contribution is 7.47. The van der Waals surface area contributed by atoms with Crippen molar-refractivity contribution in [2.75, 3.05) is 54.1 Å². The van der Waals surface area contributed by atoms with Crippen LogP contribution >= 0.6 is 7.82 Å². The lowest BCUT2D eigenvalue weighted by molar-refractivity contribution is -0.870. The lowest BCUT2D eigenvalue weighted by Gasteiger charge is -2.24. The van der Waals surface area contributed by atoms with Gasteiger partial charge in [0.1, 0.15) is 19.3 Å². The van der Waals surface area contributed by atoms with Crippen molar-refractivity contribution in [2.45, 2.75) is 180 Å².